The van der Waals surface area contributed by atoms with E-state index in [1.54, 1.807) is 6.33 Å². The van der Waals surface area contributed by atoms with Crippen molar-refractivity contribution in [2.75, 3.05) is 0 Å². The predicted molar refractivity (Wildman–Crippen MR) is 80.9 cm³/mol. The average molecular weight is 290 g/mol. The summed E-state index contributed by atoms with van der Waals surface area (Å²) in [5, 5.41) is 4.33. The Balaban J connectivity index is 1.84. The van der Waals surface area contributed by atoms with E-state index in [0.717, 1.165) is 31.6 Å². The summed E-state index contributed by atoms with van der Waals surface area (Å²) in [5.41, 5.74) is 2.71. The van der Waals surface area contributed by atoms with E-state index in [-0.39, 0.29) is 5.38 Å². The summed E-state index contributed by atoms with van der Waals surface area (Å²) in [5.74, 6) is 1.50. The highest BCUT2D eigenvalue weighted by atomic mass is 35.5. The maximum absolute atomic E-state index is 6.77. The van der Waals surface area contributed by atoms with Crippen LogP contribution < -0.4 is 0 Å². The van der Waals surface area contributed by atoms with Gasteiger partial charge in [0.25, 0.3) is 0 Å². The maximum Gasteiger partial charge on any atom is 0.138 e. The molecule has 0 spiro atoms. The molecule has 0 saturated carbocycles. The van der Waals surface area contributed by atoms with Crippen LogP contribution in [0, 0.1) is 5.92 Å². The van der Waals surface area contributed by atoms with Gasteiger partial charge in [-0.2, -0.15) is 5.10 Å². The Hall–Kier alpha value is -1.35. The molecule has 1 aliphatic carbocycles. The van der Waals surface area contributed by atoms with Crippen molar-refractivity contribution in [2.45, 2.75) is 44.5 Å². The molecule has 0 bridgehead atoms. The second-order valence-corrected chi connectivity index (χ2v) is 5.92. The van der Waals surface area contributed by atoms with Gasteiger partial charge in [0, 0.05) is 13.0 Å². The number of rotatable bonds is 3. The molecule has 2 unspecified atom stereocenters. The molecular formula is C16H20ClN3. The van der Waals surface area contributed by atoms with E-state index in [1.807, 2.05) is 4.68 Å². The van der Waals surface area contributed by atoms with Gasteiger partial charge >= 0.3 is 0 Å². The molecule has 4 heteroatoms. The van der Waals surface area contributed by atoms with Crippen LogP contribution in [0.2, 0.25) is 0 Å². The number of halogens is 1. The normalized spacial score (nSPS) is 22.3. The molecule has 0 radical (unpaired) electrons. The summed E-state index contributed by atoms with van der Waals surface area (Å²) in [7, 11) is 0. The fourth-order valence-corrected chi connectivity index (χ4v) is 3.56. The first kappa shape index (κ1) is 13.6. The van der Waals surface area contributed by atoms with Gasteiger partial charge in [0.1, 0.15) is 12.2 Å². The van der Waals surface area contributed by atoms with Crippen LogP contribution in [0.1, 0.15) is 42.1 Å². The molecular weight excluding hydrogens is 270 g/mol. The number of aromatic nitrogens is 3. The first-order valence-electron chi connectivity index (χ1n) is 7.38. The highest BCUT2D eigenvalue weighted by molar-refractivity contribution is 6.21. The monoisotopic (exact) mass is 289 g/mol. The third kappa shape index (κ3) is 2.59. The second kappa shape index (κ2) is 5.96. The van der Waals surface area contributed by atoms with E-state index in [2.05, 4.69) is 41.3 Å². The van der Waals surface area contributed by atoms with Crippen LogP contribution in [0.5, 0.6) is 0 Å². The lowest BCUT2D eigenvalue weighted by atomic mass is 9.93. The van der Waals surface area contributed by atoms with Gasteiger partial charge < -0.3 is 0 Å². The van der Waals surface area contributed by atoms with E-state index >= 15 is 0 Å². The summed E-state index contributed by atoms with van der Waals surface area (Å²) in [6, 6.07) is 8.58. The van der Waals surface area contributed by atoms with Gasteiger partial charge in [-0.1, -0.05) is 24.3 Å². The van der Waals surface area contributed by atoms with E-state index < -0.39 is 0 Å². The molecule has 0 aliphatic heterocycles. The zero-order valence-electron chi connectivity index (χ0n) is 11.8. The number of alkyl halides is 1. The third-order valence-electron chi connectivity index (χ3n) is 4.23. The number of hydrogen-bond acceptors (Lipinski definition) is 2. The number of fused-ring (bicyclic) bond motifs is 1. The summed E-state index contributed by atoms with van der Waals surface area (Å²) in [6.45, 7) is 2.96. The van der Waals surface area contributed by atoms with Crippen LogP contribution in [0.3, 0.4) is 0 Å². The number of aryl methyl sites for hydroxylation is 2. The Morgan fingerprint density at radius 3 is 3.05 bits per heavy atom. The summed E-state index contributed by atoms with van der Waals surface area (Å²) >= 11 is 6.77. The lowest BCUT2D eigenvalue weighted by molar-refractivity contribution is 0.440. The standard InChI is InChI=1S/C16H20ClN3/c1-2-20-15(18-11-19-20)10-13-8-5-7-12-6-3-4-9-14(12)16(13)17/h3-4,6,9,11,13,16H,2,5,7-8,10H2,1H3. The van der Waals surface area contributed by atoms with Crippen molar-refractivity contribution in [3.63, 3.8) is 0 Å². The van der Waals surface area contributed by atoms with Crippen LogP contribution >= 0.6 is 11.6 Å². The Labute approximate surface area is 125 Å². The van der Waals surface area contributed by atoms with Crippen LogP contribution in [-0.4, -0.2) is 14.8 Å². The van der Waals surface area contributed by atoms with Crippen LogP contribution in [0.15, 0.2) is 30.6 Å². The number of hydrogen-bond donors (Lipinski definition) is 0. The Kier molecular flexibility index (Phi) is 4.06. The van der Waals surface area contributed by atoms with Gasteiger partial charge in [-0.3, -0.25) is 4.68 Å². The van der Waals surface area contributed by atoms with Gasteiger partial charge in [0.2, 0.25) is 0 Å². The van der Waals surface area contributed by atoms with Crippen molar-refractivity contribution in [1.82, 2.24) is 14.8 Å². The van der Waals surface area contributed by atoms with Crippen LogP contribution in [0.4, 0.5) is 0 Å². The van der Waals surface area contributed by atoms with Gasteiger partial charge in [0.15, 0.2) is 0 Å². The van der Waals surface area contributed by atoms with Crippen molar-refractivity contribution in [3.8, 4) is 0 Å². The highest BCUT2D eigenvalue weighted by Crippen LogP contribution is 2.39. The molecule has 0 N–H and O–H groups in total. The minimum absolute atomic E-state index is 0.0794. The molecule has 2 atom stereocenters. The molecule has 20 heavy (non-hydrogen) atoms. The number of benzene rings is 1. The first-order chi connectivity index (χ1) is 9.79. The second-order valence-electron chi connectivity index (χ2n) is 5.45. The lowest BCUT2D eigenvalue weighted by Gasteiger charge is -2.20. The minimum atomic E-state index is 0.0794. The average Bonchev–Trinajstić information content (AvgIpc) is 2.86. The number of nitrogens with zero attached hydrogens (tertiary/aromatic N) is 3. The van der Waals surface area contributed by atoms with Gasteiger partial charge in [-0.05, 0) is 43.2 Å². The summed E-state index contributed by atoms with van der Waals surface area (Å²) in [4.78, 5) is 4.40. The minimum Gasteiger partial charge on any atom is -0.250 e. The SMILES string of the molecule is CCn1ncnc1CC1CCCc2ccccc2C1Cl. The lowest BCUT2D eigenvalue weighted by Crippen LogP contribution is -2.14. The summed E-state index contributed by atoms with van der Waals surface area (Å²) in [6.07, 6.45) is 6.05. The van der Waals surface area contributed by atoms with Gasteiger partial charge in [-0.15, -0.1) is 11.6 Å². The molecule has 106 valence electrons. The van der Waals surface area contributed by atoms with Crippen molar-refractivity contribution in [1.29, 1.82) is 0 Å². The van der Waals surface area contributed by atoms with E-state index in [4.69, 9.17) is 11.6 Å². The van der Waals surface area contributed by atoms with Crippen molar-refractivity contribution >= 4 is 11.6 Å². The van der Waals surface area contributed by atoms with Crippen LogP contribution in [0.25, 0.3) is 0 Å². The zero-order valence-corrected chi connectivity index (χ0v) is 12.6. The first-order valence-corrected chi connectivity index (χ1v) is 7.81. The van der Waals surface area contributed by atoms with Crippen LogP contribution in [-0.2, 0) is 19.4 Å². The predicted octanol–water partition coefficient (Wildman–Crippen LogP) is 3.77. The molecule has 2 aromatic rings. The van der Waals surface area contributed by atoms with E-state index in [9.17, 15) is 0 Å². The molecule has 0 saturated heterocycles. The molecule has 1 aromatic carbocycles. The zero-order chi connectivity index (χ0) is 13.9. The van der Waals surface area contributed by atoms with Crippen molar-refractivity contribution < 1.29 is 0 Å². The topological polar surface area (TPSA) is 30.7 Å². The van der Waals surface area contributed by atoms with Crippen molar-refractivity contribution in [3.05, 3.63) is 47.5 Å². The Morgan fingerprint density at radius 2 is 2.20 bits per heavy atom. The quantitative estimate of drug-likeness (QED) is 0.636. The third-order valence-corrected chi connectivity index (χ3v) is 4.82. The maximum atomic E-state index is 6.77. The molecule has 1 heterocycles. The molecule has 0 fully saturated rings. The summed E-state index contributed by atoms with van der Waals surface area (Å²) < 4.78 is 1.97. The van der Waals surface area contributed by atoms with Gasteiger partial charge in [0.05, 0.1) is 5.38 Å². The van der Waals surface area contributed by atoms with Gasteiger partial charge in [-0.25, -0.2) is 4.98 Å². The molecule has 0 amide bonds. The Morgan fingerprint density at radius 1 is 1.35 bits per heavy atom. The largest absolute Gasteiger partial charge is 0.250 e. The fourth-order valence-electron chi connectivity index (χ4n) is 3.14. The Bertz CT molecular complexity index is 579. The fraction of sp³-hybridized carbons (Fsp3) is 0.500. The molecule has 3 rings (SSSR count). The molecule has 1 aliphatic rings. The van der Waals surface area contributed by atoms with Crippen molar-refractivity contribution in [2.24, 2.45) is 5.92 Å². The molecule has 1 aromatic heterocycles. The highest BCUT2D eigenvalue weighted by Gasteiger charge is 2.27. The van der Waals surface area contributed by atoms with E-state index in [1.165, 1.54) is 17.5 Å². The van der Waals surface area contributed by atoms with E-state index in [0.29, 0.717) is 5.92 Å². The molecule has 3 nitrogen and oxygen atoms in total. The smallest absolute Gasteiger partial charge is 0.138 e.